The smallest absolute Gasteiger partial charge is 0.171 e. The minimum Gasteiger partial charge on any atom is -0.304 e. The Morgan fingerprint density at radius 3 is 1.25 bits per heavy atom. The fourth-order valence-corrected chi connectivity index (χ4v) is 6.57. The third-order valence-electron chi connectivity index (χ3n) is 9.00. The van der Waals surface area contributed by atoms with Gasteiger partial charge in [0.2, 0.25) is 0 Å². The summed E-state index contributed by atoms with van der Waals surface area (Å²) in [7, 11) is 0. The van der Waals surface area contributed by atoms with Gasteiger partial charge in [-0.3, -0.25) is 19.2 Å². The summed E-state index contributed by atoms with van der Waals surface area (Å²) in [6.45, 7) is 6.85. The number of ketones is 4. The molecule has 0 bridgehead atoms. The summed E-state index contributed by atoms with van der Waals surface area (Å²) < 4.78 is 0. The SMILES string of the molecule is CC1(C)C(=O)C(=CC=C2CC(NC3CCCCC3)C(=O)C(C)(C)C2=O)CC(NC2CCCCC2)C1=O. The zero-order valence-electron chi connectivity index (χ0n) is 22.6. The van der Waals surface area contributed by atoms with E-state index in [1.165, 1.54) is 38.5 Å². The normalized spacial score (nSPS) is 32.4. The van der Waals surface area contributed by atoms with Gasteiger partial charge in [-0.15, -0.1) is 0 Å². The summed E-state index contributed by atoms with van der Waals surface area (Å²) in [5, 5.41) is 7.09. The summed E-state index contributed by atoms with van der Waals surface area (Å²) in [6, 6.07) is -0.137. The Morgan fingerprint density at radius 1 is 0.583 bits per heavy atom. The molecule has 4 fully saturated rings. The molecule has 6 heteroatoms. The van der Waals surface area contributed by atoms with Crippen molar-refractivity contribution in [3.8, 4) is 0 Å². The van der Waals surface area contributed by atoms with Crippen molar-refractivity contribution < 1.29 is 19.2 Å². The number of hydrogen-bond donors (Lipinski definition) is 2. The molecule has 2 atom stereocenters. The average Bonchev–Trinajstić information content (AvgIpc) is 2.86. The molecule has 4 aliphatic rings. The maximum absolute atomic E-state index is 13.3. The van der Waals surface area contributed by atoms with Gasteiger partial charge in [-0.2, -0.15) is 0 Å². The van der Waals surface area contributed by atoms with Crippen molar-refractivity contribution in [2.24, 2.45) is 10.8 Å². The highest BCUT2D eigenvalue weighted by molar-refractivity contribution is 6.19. The largest absolute Gasteiger partial charge is 0.304 e. The molecule has 4 rings (SSSR count). The van der Waals surface area contributed by atoms with Crippen LogP contribution in [0.4, 0.5) is 0 Å². The van der Waals surface area contributed by atoms with Crippen LogP contribution in [0.1, 0.15) is 105 Å². The second kappa shape index (κ2) is 10.8. The van der Waals surface area contributed by atoms with E-state index < -0.39 is 10.8 Å². The number of Topliss-reactive ketones (excluding diaryl/α,β-unsaturated/α-hetero) is 4. The van der Waals surface area contributed by atoms with E-state index in [2.05, 4.69) is 10.6 Å². The lowest BCUT2D eigenvalue weighted by Gasteiger charge is -2.37. The van der Waals surface area contributed by atoms with Gasteiger partial charge >= 0.3 is 0 Å². The quantitative estimate of drug-likeness (QED) is 0.428. The fourth-order valence-electron chi connectivity index (χ4n) is 6.57. The van der Waals surface area contributed by atoms with Crippen LogP contribution in [0.3, 0.4) is 0 Å². The number of rotatable bonds is 5. The second-order valence-electron chi connectivity index (χ2n) is 12.5. The summed E-state index contributed by atoms with van der Waals surface area (Å²) >= 11 is 0. The first kappa shape index (κ1) is 27.1. The van der Waals surface area contributed by atoms with Crippen LogP contribution in [0.2, 0.25) is 0 Å². The van der Waals surface area contributed by atoms with E-state index in [-0.39, 0.29) is 35.2 Å². The highest BCUT2D eigenvalue weighted by atomic mass is 16.2. The van der Waals surface area contributed by atoms with E-state index in [0.717, 1.165) is 25.7 Å². The first-order valence-electron chi connectivity index (χ1n) is 14.1. The maximum Gasteiger partial charge on any atom is 0.171 e. The Hall–Kier alpha value is -1.92. The molecule has 6 nitrogen and oxygen atoms in total. The van der Waals surface area contributed by atoms with Gasteiger partial charge in [0.05, 0.1) is 22.9 Å². The van der Waals surface area contributed by atoms with E-state index in [1.54, 1.807) is 39.8 Å². The summed E-state index contributed by atoms with van der Waals surface area (Å²) in [5.74, 6) is -0.414. The lowest BCUT2D eigenvalue weighted by atomic mass is 9.69. The van der Waals surface area contributed by atoms with Gasteiger partial charge in [0.15, 0.2) is 23.1 Å². The topological polar surface area (TPSA) is 92.3 Å². The van der Waals surface area contributed by atoms with Gasteiger partial charge in [0.1, 0.15) is 0 Å². The highest BCUT2D eigenvalue weighted by Crippen LogP contribution is 2.36. The molecule has 0 amide bonds. The monoisotopic (exact) mass is 496 g/mol. The van der Waals surface area contributed by atoms with Crippen LogP contribution in [0.15, 0.2) is 23.3 Å². The molecule has 0 heterocycles. The molecule has 0 radical (unpaired) electrons. The first-order chi connectivity index (χ1) is 17.0. The molecule has 2 N–H and O–H groups in total. The molecule has 0 aliphatic heterocycles. The number of carbonyl (C=O) groups is 4. The zero-order chi connectivity index (χ0) is 26.1. The van der Waals surface area contributed by atoms with E-state index in [9.17, 15) is 19.2 Å². The molecule has 198 valence electrons. The third-order valence-corrected chi connectivity index (χ3v) is 9.00. The minimum atomic E-state index is -1.09. The van der Waals surface area contributed by atoms with Crippen molar-refractivity contribution in [2.45, 2.75) is 129 Å². The molecule has 4 aliphatic carbocycles. The Bertz CT molecular complexity index is 883. The van der Waals surface area contributed by atoms with Gasteiger partial charge in [0.25, 0.3) is 0 Å². The molecular formula is C30H44N2O4. The number of allylic oxidation sites excluding steroid dienone is 2. The predicted molar refractivity (Wildman–Crippen MR) is 141 cm³/mol. The number of hydrogen-bond acceptors (Lipinski definition) is 6. The Morgan fingerprint density at radius 2 is 0.917 bits per heavy atom. The van der Waals surface area contributed by atoms with Gasteiger partial charge in [0, 0.05) is 12.1 Å². The van der Waals surface area contributed by atoms with E-state index in [0.29, 0.717) is 36.1 Å². The van der Waals surface area contributed by atoms with Gasteiger partial charge in [-0.25, -0.2) is 0 Å². The molecule has 2 unspecified atom stereocenters. The first-order valence-corrected chi connectivity index (χ1v) is 14.1. The third kappa shape index (κ3) is 5.50. The second-order valence-corrected chi connectivity index (χ2v) is 12.5. The predicted octanol–water partition coefficient (Wildman–Crippen LogP) is 4.56. The molecule has 0 aromatic carbocycles. The van der Waals surface area contributed by atoms with Gasteiger partial charge in [-0.1, -0.05) is 50.7 Å². The molecule has 0 aromatic heterocycles. The van der Waals surface area contributed by atoms with Crippen LogP contribution >= 0.6 is 0 Å². The molecule has 36 heavy (non-hydrogen) atoms. The van der Waals surface area contributed by atoms with Crippen LogP contribution in [-0.2, 0) is 19.2 Å². The van der Waals surface area contributed by atoms with Crippen LogP contribution in [-0.4, -0.2) is 47.3 Å². The average molecular weight is 497 g/mol. The molecule has 4 saturated carbocycles. The standard InChI is InChI=1S/C30H44N2O4/c1-29(2)25(33)19(17-23(27(29)35)31-21-11-7-5-8-12-21)15-16-20-18-24(28(36)30(3,4)26(20)34)32-22-13-9-6-10-14-22/h15-16,21-24,31-32H,5-14,17-18H2,1-4H3. The van der Waals surface area contributed by atoms with Crippen LogP contribution < -0.4 is 10.6 Å². The fraction of sp³-hybridized carbons (Fsp3) is 0.733. The van der Waals surface area contributed by atoms with Crippen molar-refractivity contribution in [1.82, 2.24) is 10.6 Å². The van der Waals surface area contributed by atoms with Gasteiger partial charge in [-0.05, 0) is 77.4 Å². The Labute approximate surface area is 216 Å². The van der Waals surface area contributed by atoms with Crippen molar-refractivity contribution >= 4 is 23.1 Å². The Balaban J connectivity index is 1.55. The number of nitrogens with one attached hydrogen (secondary N) is 2. The molecule has 0 saturated heterocycles. The molecule has 0 spiro atoms. The van der Waals surface area contributed by atoms with Crippen LogP contribution in [0.25, 0.3) is 0 Å². The summed E-state index contributed by atoms with van der Waals surface area (Å²) in [5.41, 5.74) is -1.02. The van der Waals surface area contributed by atoms with E-state index in [4.69, 9.17) is 0 Å². The van der Waals surface area contributed by atoms with Crippen LogP contribution in [0.5, 0.6) is 0 Å². The van der Waals surface area contributed by atoms with Crippen molar-refractivity contribution in [1.29, 1.82) is 0 Å². The molecule has 0 aromatic rings. The summed E-state index contributed by atoms with van der Waals surface area (Å²) in [6.07, 6.45) is 15.6. The number of carbonyl (C=O) groups excluding carboxylic acids is 4. The lowest BCUT2D eigenvalue weighted by Crippen LogP contribution is -2.55. The van der Waals surface area contributed by atoms with E-state index >= 15 is 0 Å². The Kier molecular flexibility index (Phi) is 8.16. The van der Waals surface area contributed by atoms with Crippen molar-refractivity contribution in [3.05, 3.63) is 23.3 Å². The van der Waals surface area contributed by atoms with Crippen LogP contribution in [0, 0.1) is 10.8 Å². The van der Waals surface area contributed by atoms with E-state index in [1.807, 2.05) is 0 Å². The maximum atomic E-state index is 13.3. The van der Waals surface area contributed by atoms with Crippen molar-refractivity contribution in [2.75, 3.05) is 0 Å². The van der Waals surface area contributed by atoms with Gasteiger partial charge < -0.3 is 10.6 Å². The zero-order valence-corrected chi connectivity index (χ0v) is 22.6. The summed E-state index contributed by atoms with van der Waals surface area (Å²) in [4.78, 5) is 52.8. The van der Waals surface area contributed by atoms with Crippen molar-refractivity contribution in [3.63, 3.8) is 0 Å². The minimum absolute atomic E-state index is 0.0416. The highest BCUT2D eigenvalue weighted by Gasteiger charge is 2.48. The lowest BCUT2D eigenvalue weighted by molar-refractivity contribution is -0.142. The molecular weight excluding hydrogens is 452 g/mol.